The lowest BCUT2D eigenvalue weighted by Crippen LogP contribution is -2.28. The lowest BCUT2D eigenvalue weighted by molar-refractivity contribution is -0.122. The van der Waals surface area contributed by atoms with Crippen LogP contribution in [0.4, 0.5) is 15.1 Å². The summed E-state index contributed by atoms with van der Waals surface area (Å²) in [6, 6.07) is 8.26. The second-order valence-electron chi connectivity index (χ2n) is 5.62. The van der Waals surface area contributed by atoms with Gasteiger partial charge >= 0.3 is 0 Å². The first kappa shape index (κ1) is 16.1. The Balaban J connectivity index is 1.75. The second kappa shape index (κ2) is 6.42. The first-order chi connectivity index (χ1) is 11.5. The molecule has 2 aromatic rings. The van der Waals surface area contributed by atoms with E-state index in [0.717, 1.165) is 5.56 Å². The van der Waals surface area contributed by atoms with Gasteiger partial charge in [0.2, 0.25) is 11.8 Å². The monoisotopic (exact) mass is 343 g/mol. The molecule has 1 aliphatic rings. The number of amides is 2. The van der Waals surface area contributed by atoms with Crippen molar-refractivity contribution >= 4 is 33.8 Å². The zero-order valence-corrected chi connectivity index (χ0v) is 13.7. The number of anilines is 2. The topological polar surface area (TPSA) is 73.2 Å². The minimum atomic E-state index is -0.577. The van der Waals surface area contributed by atoms with E-state index in [1.165, 1.54) is 22.3 Å². The van der Waals surface area contributed by atoms with Gasteiger partial charge in [-0.1, -0.05) is 6.07 Å². The largest absolute Gasteiger partial charge is 0.316 e. The molecule has 1 N–H and O–H groups in total. The summed E-state index contributed by atoms with van der Waals surface area (Å²) in [6.45, 7) is 1.89. The van der Waals surface area contributed by atoms with E-state index < -0.39 is 11.7 Å². The van der Waals surface area contributed by atoms with E-state index in [0.29, 0.717) is 10.6 Å². The van der Waals surface area contributed by atoms with Gasteiger partial charge in [0.25, 0.3) is 0 Å². The number of benzene rings is 1. The number of nitrogens with zero attached hydrogens (tertiary/aromatic N) is 2. The molecule has 1 unspecified atom stereocenters. The number of halogens is 1. The maximum atomic E-state index is 14.1. The van der Waals surface area contributed by atoms with E-state index >= 15 is 0 Å². The van der Waals surface area contributed by atoms with Gasteiger partial charge in [-0.3, -0.25) is 9.59 Å². The van der Waals surface area contributed by atoms with Crippen molar-refractivity contribution in [3.05, 3.63) is 46.6 Å². The standard InChI is InChI=1S/C17H14FN3O2S/c1-10-2-3-14(13(18)6-10)21-9-12(7-15(21)22)16(23)20-17-11(8-19)4-5-24-17/h2-6,12H,7,9H2,1H3,(H,20,23). The number of nitriles is 1. The average Bonchev–Trinajstić information content (AvgIpc) is 3.14. The summed E-state index contributed by atoms with van der Waals surface area (Å²) in [7, 11) is 0. The molecule has 122 valence electrons. The average molecular weight is 343 g/mol. The zero-order chi connectivity index (χ0) is 17.3. The van der Waals surface area contributed by atoms with Gasteiger partial charge in [-0.15, -0.1) is 11.3 Å². The maximum absolute atomic E-state index is 14.1. The third-order valence-corrected chi connectivity index (χ3v) is 4.74. The van der Waals surface area contributed by atoms with Gasteiger partial charge in [-0.2, -0.15) is 5.26 Å². The quantitative estimate of drug-likeness (QED) is 0.931. The summed E-state index contributed by atoms with van der Waals surface area (Å²) in [5.41, 5.74) is 1.34. The summed E-state index contributed by atoms with van der Waals surface area (Å²) in [6.07, 6.45) is 0.0202. The molecule has 2 amide bonds. The van der Waals surface area contributed by atoms with Crippen LogP contribution in [-0.4, -0.2) is 18.4 Å². The molecule has 1 saturated heterocycles. The molecule has 0 bridgehead atoms. The number of rotatable bonds is 3. The minimum absolute atomic E-state index is 0.0202. The van der Waals surface area contributed by atoms with Crippen molar-refractivity contribution in [3.8, 4) is 6.07 Å². The van der Waals surface area contributed by atoms with Gasteiger partial charge < -0.3 is 10.2 Å². The lowest BCUT2D eigenvalue weighted by Gasteiger charge is -2.17. The van der Waals surface area contributed by atoms with Crippen LogP contribution in [0.3, 0.4) is 0 Å². The van der Waals surface area contributed by atoms with Crippen LogP contribution in [0.2, 0.25) is 0 Å². The first-order valence-electron chi connectivity index (χ1n) is 7.34. The Bertz CT molecular complexity index is 856. The Morgan fingerprint density at radius 3 is 2.96 bits per heavy atom. The van der Waals surface area contributed by atoms with Crippen LogP contribution >= 0.6 is 11.3 Å². The molecular weight excluding hydrogens is 329 g/mol. The minimum Gasteiger partial charge on any atom is -0.316 e. The number of nitrogens with one attached hydrogen (secondary N) is 1. The van der Waals surface area contributed by atoms with Crippen LogP contribution in [0.25, 0.3) is 0 Å². The van der Waals surface area contributed by atoms with Crippen molar-refractivity contribution in [2.75, 3.05) is 16.8 Å². The van der Waals surface area contributed by atoms with E-state index in [1.807, 2.05) is 6.07 Å². The van der Waals surface area contributed by atoms with Crippen LogP contribution in [0, 0.1) is 30.0 Å². The van der Waals surface area contributed by atoms with Crippen molar-refractivity contribution in [2.45, 2.75) is 13.3 Å². The fourth-order valence-electron chi connectivity index (χ4n) is 2.65. The molecule has 1 fully saturated rings. The van der Waals surface area contributed by atoms with Crippen molar-refractivity contribution in [3.63, 3.8) is 0 Å². The Kier molecular flexibility index (Phi) is 4.32. The van der Waals surface area contributed by atoms with Crippen molar-refractivity contribution in [1.29, 1.82) is 5.26 Å². The van der Waals surface area contributed by atoms with Gasteiger partial charge in [0.15, 0.2) is 0 Å². The number of hydrogen-bond acceptors (Lipinski definition) is 4. The third-order valence-electron chi connectivity index (χ3n) is 3.91. The predicted octanol–water partition coefficient (Wildman–Crippen LogP) is 3.06. The van der Waals surface area contributed by atoms with Gasteiger partial charge in [0.05, 0.1) is 17.2 Å². The molecule has 1 atom stereocenters. The van der Waals surface area contributed by atoms with Crippen LogP contribution in [-0.2, 0) is 9.59 Å². The van der Waals surface area contributed by atoms with Crippen molar-refractivity contribution < 1.29 is 14.0 Å². The highest BCUT2D eigenvalue weighted by atomic mass is 32.1. The molecule has 1 aliphatic heterocycles. The molecule has 7 heteroatoms. The van der Waals surface area contributed by atoms with E-state index in [4.69, 9.17) is 5.26 Å². The molecule has 5 nitrogen and oxygen atoms in total. The summed E-state index contributed by atoms with van der Waals surface area (Å²) >= 11 is 1.25. The molecule has 24 heavy (non-hydrogen) atoms. The fourth-order valence-corrected chi connectivity index (χ4v) is 3.40. The number of carbonyl (C=O) groups excluding carboxylic acids is 2. The number of carbonyl (C=O) groups is 2. The van der Waals surface area contributed by atoms with Crippen molar-refractivity contribution in [2.24, 2.45) is 5.92 Å². The van der Waals surface area contributed by atoms with Crippen LogP contribution in [0.15, 0.2) is 29.6 Å². The zero-order valence-electron chi connectivity index (χ0n) is 12.9. The summed E-state index contributed by atoms with van der Waals surface area (Å²) in [4.78, 5) is 25.8. The molecule has 2 heterocycles. The van der Waals surface area contributed by atoms with Crippen LogP contribution in [0.1, 0.15) is 17.5 Å². The van der Waals surface area contributed by atoms with Gasteiger partial charge in [-0.25, -0.2) is 4.39 Å². The number of hydrogen-bond donors (Lipinski definition) is 1. The van der Waals surface area contributed by atoms with E-state index in [9.17, 15) is 14.0 Å². The SMILES string of the molecule is Cc1ccc(N2CC(C(=O)Nc3sccc3C#N)CC2=O)c(F)c1. The molecule has 0 radical (unpaired) electrons. The van der Waals surface area contributed by atoms with Gasteiger partial charge in [0, 0.05) is 13.0 Å². The fraction of sp³-hybridized carbons (Fsp3) is 0.235. The maximum Gasteiger partial charge on any atom is 0.230 e. The first-order valence-corrected chi connectivity index (χ1v) is 8.22. The molecule has 0 spiro atoms. The Hall–Kier alpha value is -2.72. The number of thiophene rings is 1. The Morgan fingerprint density at radius 2 is 2.25 bits per heavy atom. The van der Waals surface area contributed by atoms with E-state index in [2.05, 4.69) is 5.32 Å². The third kappa shape index (κ3) is 3.01. The van der Waals surface area contributed by atoms with E-state index in [-0.39, 0.29) is 30.5 Å². The molecule has 3 rings (SSSR count). The molecule has 0 saturated carbocycles. The highest BCUT2D eigenvalue weighted by molar-refractivity contribution is 7.14. The Labute approximate surface area is 142 Å². The molecular formula is C17H14FN3O2S. The summed E-state index contributed by atoms with van der Waals surface area (Å²) in [5, 5.41) is 13.8. The highest BCUT2D eigenvalue weighted by Crippen LogP contribution is 2.30. The van der Waals surface area contributed by atoms with Crippen LogP contribution < -0.4 is 10.2 Å². The van der Waals surface area contributed by atoms with Crippen molar-refractivity contribution in [1.82, 2.24) is 0 Å². The van der Waals surface area contributed by atoms with Gasteiger partial charge in [-0.05, 0) is 36.1 Å². The number of aryl methyl sites for hydroxylation is 1. The molecule has 1 aromatic heterocycles. The van der Waals surface area contributed by atoms with Gasteiger partial charge in [0.1, 0.15) is 16.9 Å². The summed E-state index contributed by atoms with van der Waals surface area (Å²) in [5.74, 6) is -1.68. The normalized spacial score (nSPS) is 17.0. The summed E-state index contributed by atoms with van der Waals surface area (Å²) < 4.78 is 14.1. The molecule has 0 aliphatic carbocycles. The highest BCUT2D eigenvalue weighted by Gasteiger charge is 2.36. The predicted molar refractivity (Wildman–Crippen MR) is 89.3 cm³/mol. The lowest BCUT2D eigenvalue weighted by atomic mass is 10.1. The molecule has 1 aromatic carbocycles. The second-order valence-corrected chi connectivity index (χ2v) is 6.54. The van der Waals surface area contributed by atoms with Crippen LogP contribution in [0.5, 0.6) is 0 Å². The van der Waals surface area contributed by atoms with E-state index in [1.54, 1.807) is 30.5 Å². The Morgan fingerprint density at radius 1 is 1.46 bits per heavy atom. The smallest absolute Gasteiger partial charge is 0.230 e.